The maximum Gasteiger partial charge on any atom is 0.244 e. The summed E-state index contributed by atoms with van der Waals surface area (Å²) in [4.78, 5) is 0.258. The summed E-state index contributed by atoms with van der Waals surface area (Å²) in [6, 6.07) is 4.94. The van der Waals surface area contributed by atoms with Crippen LogP contribution in [0.2, 0.25) is 0 Å². The fourth-order valence-corrected chi connectivity index (χ4v) is 4.45. The van der Waals surface area contributed by atoms with Crippen LogP contribution in [0.1, 0.15) is 24.8 Å². The molecular weight excluding hydrogens is 318 g/mol. The second-order valence-corrected chi connectivity index (χ2v) is 7.35. The van der Waals surface area contributed by atoms with E-state index in [9.17, 15) is 8.42 Å². The predicted molar refractivity (Wildman–Crippen MR) is 72.7 cm³/mol. The van der Waals surface area contributed by atoms with Gasteiger partial charge in [-0.2, -0.15) is 4.31 Å². The van der Waals surface area contributed by atoms with Crippen LogP contribution < -0.4 is 0 Å². The third kappa shape index (κ3) is 2.47. The minimum absolute atomic E-state index is 0.0998. The van der Waals surface area contributed by atoms with Crippen LogP contribution >= 0.6 is 15.9 Å². The summed E-state index contributed by atoms with van der Waals surface area (Å²) in [5.74, 6) is 0. The Labute approximate surface area is 116 Å². The summed E-state index contributed by atoms with van der Waals surface area (Å²) in [6.45, 7) is -0.0998. The van der Waals surface area contributed by atoms with E-state index < -0.39 is 10.0 Å². The number of sulfonamides is 1. The average Bonchev–Trinajstić information content (AvgIpc) is 2.26. The zero-order valence-corrected chi connectivity index (χ0v) is 12.5. The van der Waals surface area contributed by atoms with Crippen molar-refractivity contribution in [3.05, 3.63) is 28.2 Å². The largest absolute Gasteiger partial charge is 0.392 e. The lowest BCUT2D eigenvalue weighted by molar-refractivity contribution is 0.249. The third-order valence-electron chi connectivity index (χ3n) is 3.42. The number of nitrogens with zero attached hydrogens (tertiary/aromatic N) is 1. The van der Waals surface area contributed by atoms with Crippen LogP contribution in [0, 0.1) is 0 Å². The summed E-state index contributed by atoms with van der Waals surface area (Å²) >= 11 is 3.26. The van der Waals surface area contributed by atoms with Gasteiger partial charge in [-0.3, -0.25) is 0 Å². The Morgan fingerprint density at radius 3 is 2.56 bits per heavy atom. The monoisotopic (exact) mass is 333 g/mol. The minimum Gasteiger partial charge on any atom is -0.392 e. The van der Waals surface area contributed by atoms with Gasteiger partial charge in [0, 0.05) is 17.6 Å². The number of rotatable bonds is 4. The maximum atomic E-state index is 12.4. The van der Waals surface area contributed by atoms with Gasteiger partial charge in [0.1, 0.15) is 0 Å². The number of hydrogen-bond donors (Lipinski definition) is 1. The van der Waals surface area contributed by atoms with Crippen molar-refractivity contribution in [2.45, 2.75) is 36.8 Å². The average molecular weight is 334 g/mol. The molecule has 0 saturated heterocycles. The normalized spacial score (nSPS) is 16.9. The third-order valence-corrected chi connectivity index (χ3v) is 6.31. The number of aliphatic hydroxyl groups excluding tert-OH is 1. The van der Waals surface area contributed by atoms with Crippen molar-refractivity contribution in [2.75, 3.05) is 7.05 Å². The molecule has 0 heterocycles. The molecule has 0 atom stereocenters. The molecule has 0 radical (unpaired) electrons. The number of halogens is 1. The lowest BCUT2D eigenvalue weighted by Gasteiger charge is -2.34. The highest BCUT2D eigenvalue weighted by atomic mass is 79.9. The van der Waals surface area contributed by atoms with Crippen molar-refractivity contribution in [1.82, 2.24) is 4.31 Å². The summed E-state index contributed by atoms with van der Waals surface area (Å²) in [6.07, 6.45) is 2.96. The molecule has 1 aromatic rings. The first-order chi connectivity index (χ1) is 8.46. The molecule has 0 amide bonds. The van der Waals surface area contributed by atoms with Crippen LogP contribution in [0.5, 0.6) is 0 Å². The second kappa shape index (κ2) is 5.28. The first kappa shape index (κ1) is 14.0. The number of aliphatic hydroxyl groups is 1. The molecule has 2 rings (SSSR count). The summed E-state index contributed by atoms with van der Waals surface area (Å²) in [5.41, 5.74) is 0.687. The maximum absolute atomic E-state index is 12.4. The van der Waals surface area contributed by atoms with Crippen molar-refractivity contribution in [1.29, 1.82) is 0 Å². The zero-order valence-electron chi connectivity index (χ0n) is 10.1. The van der Waals surface area contributed by atoms with Crippen LogP contribution in [-0.2, 0) is 16.6 Å². The lowest BCUT2D eigenvalue weighted by Crippen LogP contribution is -2.41. The van der Waals surface area contributed by atoms with Crippen molar-refractivity contribution in [2.24, 2.45) is 0 Å². The molecule has 0 aromatic heterocycles. The Balaban J connectivity index is 2.34. The highest BCUT2D eigenvalue weighted by Gasteiger charge is 2.32. The Hall–Kier alpha value is -0.430. The van der Waals surface area contributed by atoms with Crippen molar-refractivity contribution < 1.29 is 13.5 Å². The number of hydrogen-bond acceptors (Lipinski definition) is 3. The van der Waals surface area contributed by atoms with E-state index in [1.165, 1.54) is 4.31 Å². The van der Waals surface area contributed by atoms with E-state index in [0.29, 0.717) is 10.0 Å². The molecule has 0 unspecified atom stereocenters. The standard InChI is InChI=1S/C12H16BrNO3S/c1-14(10-3-2-4-10)18(16,17)12-6-5-9(8-15)7-11(12)13/h5-7,10,15H,2-4,8H2,1H3. The quantitative estimate of drug-likeness (QED) is 0.918. The minimum atomic E-state index is -3.45. The van der Waals surface area contributed by atoms with Crippen LogP contribution in [-0.4, -0.2) is 30.9 Å². The van der Waals surface area contributed by atoms with Crippen molar-refractivity contribution in [3.63, 3.8) is 0 Å². The van der Waals surface area contributed by atoms with E-state index in [0.717, 1.165) is 19.3 Å². The van der Waals surface area contributed by atoms with E-state index in [1.54, 1.807) is 25.2 Å². The Morgan fingerprint density at radius 2 is 2.11 bits per heavy atom. The van der Waals surface area contributed by atoms with Gasteiger partial charge in [0.2, 0.25) is 10.0 Å². The fourth-order valence-electron chi connectivity index (χ4n) is 1.95. The highest BCUT2D eigenvalue weighted by Crippen LogP contribution is 2.31. The van der Waals surface area contributed by atoms with E-state index in [2.05, 4.69) is 15.9 Å². The van der Waals surface area contributed by atoms with Crippen LogP contribution in [0.15, 0.2) is 27.6 Å². The molecule has 4 nitrogen and oxygen atoms in total. The first-order valence-electron chi connectivity index (χ1n) is 5.84. The zero-order chi connectivity index (χ0) is 13.3. The molecule has 1 saturated carbocycles. The van der Waals surface area contributed by atoms with Crippen LogP contribution in [0.25, 0.3) is 0 Å². The van der Waals surface area contributed by atoms with Gasteiger partial charge in [-0.25, -0.2) is 8.42 Å². The molecule has 1 aliphatic rings. The van der Waals surface area contributed by atoms with Gasteiger partial charge in [-0.05, 0) is 46.5 Å². The molecular formula is C12H16BrNO3S. The summed E-state index contributed by atoms with van der Waals surface area (Å²) in [7, 11) is -1.82. The van der Waals surface area contributed by atoms with E-state index in [-0.39, 0.29) is 17.5 Å². The highest BCUT2D eigenvalue weighted by molar-refractivity contribution is 9.10. The van der Waals surface area contributed by atoms with E-state index in [4.69, 9.17) is 5.11 Å². The first-order valence-corrected chi connectivity index (χ1v) is 8.07. The Bertz CT molecular complexity index is 540. The van der Waals surface area contributed by atoms with Gasteiger partial charge >= 0.3 is 0 Å². The summed E-state index contributed by atoms with van der Waals surface area (Å²) in [5, 5.41) is 9.02. The van der Waals surface area contributed by atoms with Gasteiger partial charge in [-0.1, -0.05) is 12.5 Å². The van der Waals surface area contributed by atoms with Gasteiger partial charge in [0.25, 0.3) is 0 Å². The summed E-state index contributed by atoms with van der Waals surface area (Å²) < 4.78 is 26.8. The van der Waals surface area contributed by atoms with E-state index in [1.807, 2.05) is 0 Å². The predicted octanol–water partition coefficient (Wildman–Crippen LogP) is 2.11. The van der Waals surface area contributed by atoms with Crippen LogP contribution in [0.4, 0.5) is 0 Å². The molecule has 1 fully saturated rings. The smallest absolute Gasteiger partial charge is 0.244 e. The van der Waals surface area contributed by atoms with Gasteiger partial charge in [0.15, 0.2) is 0 Å². The molecule has 100 valence electrons. The van der Waals surface area contributed by atoms with Gasteiger partial charge < -0.3 is 5.11 Å². The van der Waals surface area contributed by atoms with Gasteiger partial charge in [-0.15, -0.1) is 0 Å². The molecule has 1 N–H and O–H groups in total. The topological polar surface area (TPSA) is 57.6 Å². The molecule has 18 heavy (non-hydrogen) atoms. The molecule has 0 bridgehead atoms. The van der Waals surface area contributed by atoms with Crippen LogP contribution in [0.3, 0.4) is 0 Å². The van der Waals surface area contributed by atoms with Crippen molar-refractivity contribution in [3.8, 4) is 0 Å². The molecule has 6 heteroatoms. The van der Waals surface area contributed by atoms with E-state index >= 15 is 0 Å². The fraction of sp³-hybridized carbons (Fsp3) is 0.500. The SMILES string of the molecule is CN(C1CCC1)S(=O)(=O)c1ccc(CO)cc1Br. The second-order valence-electron chi connectivity index (χ2n) is 4.53. The Morgan fingerprint density at radius 1 is 1.44 bits per heavy atom. The van der Waals surface area contributed by atoms with Gasteiger partial charge in [0.05, 0.1) is 11.5 Å². The molecule has 0 spiro atoms. The number of benzene rings is 1. The Kier molecular flexibility index (Phi) is 4.11. The van der Waals surface area contributed by atoms with Crippen molar-refractivity contribution >= 4 is 26.0 Å². The lowest BCUT2D eigenvalue weighted by atomic mass is 9.94. The molecule has 0 aliphatic heterocycles. The molecule has 1 aliphatic carbocycles. The molecule has 1 aromatic carbocycles.